The molecule has 6 heteroatoms. The molecule has 0 aromatic heterocycles. The summed E-state index contributed by atoms with van der Waals surface area (Å²) in [6.07, 6.45) is 4.06. The number of fused-ring (bicyclic) bond motifs is 1. The molecule has 0 spiro atoms. The number of rotatable bonds is 11. The van der Waals surface area contributed by atoms with Gasteiger partial charge in [-0.25, -0.2) is 4.79 Å². The summed E-state index contributed by atoms with van der Waals surface area (Å²) in [5.74, 6) is 0.673. The molecule has 3 aromatic carbocycles. The van der Waals surface area contributed by atoms with Crippen LogP contribution in [0.1, 0.15) is 51.2 Å². The summed E-state index contributed by atoms with van der Waals surface area (Å²) < 4.78 is 17.0. The lowest BCUT2D eigenvalue weighted by Gasteiger charge is -2.31. The van der Waals surface area contributed by atoms with Gasteiger partial charge in [-0.2, -0.15) is 0 Å². The molecule has 0 aliphatic carbocycles. The number of ether oxygens (including phenoxy) is 3. The highest BCUT2D eigenvalue weighted by molar-refractivity contribution is 5.95. The van der Waals surface area contributed by atoms with Crippen LogP contribution < -0.4 is 14.4 Å². The average Bonchev–Trinajstić information content (AvgIpc) is 3.05. The Morgan fingerprint density at radius 1 is 1.05 bits per heavy atom. The maximum Gasteiger partial charge on any atom is 0.331 e. The molecule has 38 heavy (non-hydrogen) atoms. The van der Waals surface area contributed by atoms with Crippen molar-refractivity contribution in [2.24, 2.45) is 0 Å². The zero-order valence-electron chi connectivity index (χ0n) is 22.6. The number of anilines is 1. The molecule has 0 amide bonds. The fraction of sp³-hybridized carbons (Fsp3) is 0.344. The van der Waals surface area contributed by atoms with Gasteiger partial charge in [0.05, 0.1) is 13.7 Å². The monoisotopic (exact) mass is 515 g/mol. The third-order valence-corrected chi connectivity index (χ3v) is 6.82. The molecule has 6 nitrogen and oxygen atoms in total. The first kappa shape index (κ1) is 27.3. The Kier molecular flexibility index (Phi) is 9.08. The van der Waals surface area contributed by atoms with Crippen LogP contribution in [0, 0.1) is 0 Å². The summed E-state index contributed by atoms with van der Waals surface area (Å²) in [6, 6.07) is 22.2. The van der Waals surface area contributed by atoms with Gasteiger partial charge in [-0.05, 0) is 91.4 Å². The normalized spacial score (nSPS) is 15.7. The first-order valence-corrected chi connectivity index (χ1v) is 13.2. The Labute approximate surface area is 225 Å². The zero-order valence-corrected chi connectivity index (χ0v) is 22.6. The summed E-state index contributed by atoms with van der Waals surface area (Å²) in [7, 11) is 1.66. The SMILES string of the molecule is CCCCOC(C)Oc1ccc(-c2ccc3c(c2)C=C(C(=O)O)CC(C)N3Cc2cccc(OC)c2)cc1. The highest BCUT2D eigenvalue weighted by Crippen LogP contribution is 2.36. The van der Waals surface area contributed by atoms with Gasteiger partial charge in [0.25, 0.3) is 0 Å². The number of carboxylic acids is 1. The van der Waals surface area contributed by atoms with Crippen molar-refractivity contribution in [2.45, 2.75) is 58.9 Å². The summed E-state index contributed by atoms with van der Waals surface area (Å²) >= 11 is 0. The number of unbranched alkanes of at least 4 members (excludes halogenated alkanes) is 1. The van der Waals surface area contributed by atoms with Crippen molar-refractivity contribution in [1.29, 1.82) is 0 Å². The van der Waals surface area contributed by atoms with Gasteiger partial charge in [-0.3, -0.25) is 0 Å². The number of methoxy groups -OCH3 is 1. The summed E-state index contributed by atoms with van der Waals surface area (Å²) in [5, 5.41) is 9.88. The van der Waals surface area contributed by atoms with Crippen molar-refractivity contribution in [3.8, 4) is 22.6 Å². The number of benzene rings is 3. The third-order valence-electron chi connectivity index (χ3n) is 6.82. The van der Waals surface area contributed by atoms with Crippen LogP contribution in [-0.2, 0) is 16.1 Å². The Morgan fingerprint density at radius 3 is 2.53 bits per heavy atom. The van der Waals surface area contributed by atoms with Crippen molar-refractivity contribution in [1.82, 2.24) is 0 Å². The second-order valence-corrected chi connectivity index (χ2v) is 9.72. The lowest BCUT2D eigenvalue weighted by atomic mass is 10.00. The van der Waals surface area contributed by atoms with E-state index in [2.05, 4.69) is 43.0 Å². The number of hydrogen-bond donors (Lipinski definition) is 1. The highest BCUT2D eigenvalue weighted by atomic mass is 16.7. The van der Waals surface area contributed by atoms with Crippen LogP contribution in [0.15, 0.2) is 72.3 Å². The van der Waals surface area contributed by atoms with Crippen LogP contribution in [0.2, 0.25) is 0 Å². The van der Waals surface area contributed by atoms with E-state index in [1.165, 1.54) is 0 Å². The van der Waals surface area contributed by atoms with Crippen molar-refractivity contribution in [2.75, 3.05) is 18.6 Å². The number of carboxylic acid groups (broad SMARTS) is 1. The van der Waals surface area contributed by atoms with Crippen molar-refractivity contribution >= 4 is 17.7 Å². The van der Waals surface area contributed by atoms with Crippen molar-refractivity contribution < 1.29 is 24.1 Å². The second kappa shape index (κ2) is 12.7. The molecule has 4 rings (SSSR count). The minimum absolute atomic E-state index is 0.00798. The zero-order chi connectivity index (χ0) is 27.1. The molecule has 0 bridgehead atoms. The molecule has 1 heterocycles. The number of nitrogens with zero attached hydrogens (tertiary/aromatic N) is 1. The van der Waals surface area contributed by atoms with Gasteiger partial charge in [0, 0.05) is 23.8 Å². The molecule has 0 saturated heterocycles. The van der Waals surface area contributed by atoms with E-state index >= 15 is 0 Å². The predicted octanol–water partition coefficient (Wildman–Crippen LogP) is 7.17. The van der Waals surface area contributed by atoms with Crippen LogP contribution in [0.4, 0.5) is 5.69 Å². The van der Waals surface area contributed by atoms with E-state index in [1.807, 2.05) is 55.5 Å². The van der Waals surface area contributed by atoms with Gasteiger partial charge in [0.15, 0.2) is 6.29 Å². The Hall–Kier alpha value is -3.77. The summed E-state index contributed by atoms with van der Waals surface area (Å²) in [5.41, 5.74) is 5.46. The van der Waals surface area contributed by atoms with Gasteiger partial charge in [-0.15, -0.1) is 0 Å². The van der Waals surface area contributed by atoms with E-state index in [4.69, 9.17) is 14.2 Å². The quantitative estimate of drug-likeness (QED) is 0.216. The number of carbonyl (C=O) groups is 1. The summed E-state index contributed by atoms with van der Waals surface area (Å²) in [4.78, 5) is 14.3. The predicted molar refractivity (Wildman–Crippen MR) is 152 cm³/mol. The molecule has 0 saturated carbocycles. The standard InChI is InChI=1S/C32H37NO5/c1-5-6-16-37-23(3)38-29-13-10-25(11-14-29)26-12-15-31-27(19-26)20-28(32(34)35)17-22(2)33(31)21-24-8-7-9-30(18-24)36-4/h7-15,18-20,22-23H,5-6,16-17,21H2,1-4H3,(H,34,35). The minimum Gasteiger partial charge on any atom is -0.497 e. The smallest absolute Gasteiger partial charge is 0.331 e. The first-order chi connectivity index (χ1) is 18.4. The molecule has 1 aliphatic heterocycles. The number of aliphatic carboxylic acids is 1. The van der Waals surface area contributed by atoms with Crippen LogP contribution in [0.25, 0.3) is 17.2 Å². The third kappa shape index (κ3) is 6.75. The molecule has 0 radical (unpaired) electrons. The van der Waals surface area contributed by atoms with Gasteiger partial charge < -0.3 is 24.2 Å². The largest absolute Gasteiger partial charge is 0.497 e. The Balaban J connectivity index is 1.60. The maximum absolute atomic E-state index is 12.0. The lowest BCUT2D eigenvalue weighted by Crippen LogP contribution is -2.33. The lowest BCUT2D eigenvalue weighted by molar-refractivity contribution is -0.132. The van der Waals surface area contributed by atoms with Gasteiger partial charge in [-0.1, -0.05) is 43.7 Å². The molecule has 2 unspecified atom stereocenters. The minimum atomic E-state index is -0.881. The van der Waals surface area contributed by atoms with Crippen molar-refractivity contribution in [3.05, 3.63) is 83.4 Å². The molecule has 1 N–H and O–H groups in total. The fourth-order valence-corrected chi connectivity index (χ4v) is 4.73. The summed E-state index contributed by atoms with van der Waals surface area (Å²) in [6.45, 7) is 7.44. The van der Waals surface area contributed by atoms with E-state index < -0.39 is 5.97 Å². The molecule has 0 fully saturated rings. The fourth-order valence-electron chi connectivity index (χ4n) is 4.73. The van der Waals surface area contributed by atoms with Crippen LogP contribution in [-0.4, -0.2) is 37.1 Å². The van der Waals surface area contributed by atoms with E-state index in [9.17, 15) is 9.90 Å². The van der Waals surface area contributed by atoms with Crippen LogP contribution in [0.3, 0.4) is 0 Å². The molecule has 2 atom stereocenters. The van der Waals surface area contributed by atoms with E-state index in [0.29, 0.717) is 25.1 Å². The van der Waals surface area contributed by atoms with Gasteiger partial charge in [0.1, 0.15) is 11.5 Å². The van der Waals surface area contributed by atoms with E-state index in [1.54, 1.807) is 7.11 Å². The van der Waals surface area contributed by atoms with E-state index in [-0.39, 0.29) is 12.3 Å². The molecular weight excluding hydrogens is 478 g/mol. The Bertz CT molecular complexity index is 1270. The number of hydrogen-bond acceptors (Lipinski definition) is 5. The van der Waals surface area contributed by atoms with Gasteiger partial charge in [0.2, 0.25) is 0 Å². The average molecular weight is 516 g/mol. The first-order valence-electron chi connectivity index (χ1n) is 13.2. The van der Waals surface area contributed by atoms with Crippen LogP contribution in [0.5, 0.6) is 11.5 Å². The molecular formula is C32H37NO5. The van der Waals surface area contributed by atoms with Crippen LogP contribution >= 0.6 is 0 Å². The molecule has 3 aromatic rings. The van der Waals surface area contributed by atoms with Crippen molar-refractivity contribution in [3.63, 3.8) is 0 Å². The van der Waals surface area contributed by atoms with Gasteiger partial charge >= 0.3 is 5.97 Å². The molecule has 1 aliphatic rings. The highest BCUT2D eigenvalue weighted by Gasteiger charge is 2.25. The topological polar surface area (TPSA) is 68.2 Å². The second-order valence-electron chi connectivity index (χ2n) is 9.72. The molecule has 200 valence electrons. The maximum atomic E-state index is 12.0. The Morgan fingerprint density at radius 2 is 1.82 bits per heavy atom. The van der Waals surface area contributed by atoms with E-state index in [0.717, 1.165) is 52.3 Å².